The number of benzene rings is 3. The van der Waals surface area contributed by atoms with Gasteiger partial charge < -0.3 is 4.57 Å². The van der Waals surface area contributed by atoms with E-state index in [4.69, 9.17) is 11.6 Å². The van der Waals surface area contributed by atoms with Crippen LogP contribution < -0.4 is 10.2 Å². The second-order valence-electron chi connectivity index (χ2n) is 8.30. The summed E-state index contributed by atoms with van der Waals surface area (Å²) in [4.78, 5) is 39.6. The van der Waals surface area contributed by atoms with E-state index in [1.807, 2.05) is 78.4 Å². The molecule has 0 bridgehead atoms. The molecule has 2 heterocycles. The summed E-state index contributed by atoms with van der Waals surface area (Å²) in [6.45, 7) is 2.55. The van der Waals surface area contributed by atoms with Crippen LogP contribution in [0.2, 0.25) is 5.02 Å². The number of aryl methyl sites for hydroxylation is 1. The molecule has 1 N–H and O–H groups in total. The third-order valence-corrected chi connectivity index (χ3v) is 6.49. The maximum Gasteiger partial charge on any atom is 0.335 e. The average molecular weight is 484 g/mol. The van der Waals surface area contributed by atoms with Crippen LogP contribution in [0.25, 0.3) is 17.0 Å². The third-order valence-electron chi connectivity index (χ3n) is 6.12. The van der Waals surface area contributed by atoms with Crippen LogP contribution in [0.15, 0.2) is 84.6 Å². The van der Waals surface area contributed by atoms with Crippen LogP contribution in [-0.2, 0) is 22.6 Å². The Balaban J connectivity index is 1.56. The maximum absolute atomic E-state index is 13.3. The zero-order valence-corrected chi connectivity index (χ0v) is 19.8. The Morgan fingerprint density at radius 1 is 0.914 bits per heavy atom. The number of hydrogen-bond donors (Lipinski definition) is 1. The molecule has 1 aliphatic rings. The van der Waals surface area contributed by atoms with Gasteiger partial charge in [-0.2, -0.15) is 0 Å². The third kappa shape index (κ3) is 4.24. The number of aromatic nitrogens is 1. The highest BCUT2D eigenvalue weighted by Gasteiger charge is 2.37. The molecule has 4 aromatic rings. The van der Waals surface area contributed by atoms with Crippen LogP contribution >= 0.6 is 11.6 Å². The van der Waals surface area contributed by atoms with Gasteiger partial charge in [-0.25, -0.2) is 9.69 Å². The van der Waals surface area contributed by atoms with Gasteiger partial charge in [-0.05, 0) is 47.9 Å². The predicted octanol–water partition coefficient (Wildman–Crippen LogP) is 5.57. The first kappa shape index (κ1) is 22.6. The lowest BCUT2D eigenvalue weighted by atomic mass is 10.1. The summed E-state index contributed by atoms with van der Waals surface area (Å²) in [5.74, 6) is -1.38. The van der Waals surface area contributed by atoms with Crippen molar-refractivity contribution < 1.29 is 14.4 Å². The van der Waals surface area contributed by atoms with Gasteiger partial charge in [0.15, 0.2) is 0 Å². The standard InChI is InChI=1S/C28H22ClN3O3/c1-2-18-11-13-21(14-12-18)32-27(34)23(26(33)30-28(32)35)15-20-17-31(25-10-6-4-8-22(20)25)16-19-7-3-5-9-24(19)29/h3-15,17H,2,16H2,1H3,(H,30,33,35)/b23-15-. The number of fused-ring (bicyclic) bond motifs is 1. The minimum atomic E-state index is -0.762. The van der Waals surface area contributed by atoms with Crippen LogP contribution in [0.3, 0.4) is 0 Å². The second kappa shape index (κ2) is 9.24. The lowest BCUT2D eigenvalue weighted by Gasteiger charge is -2.26. The molecule has 1 aliphatic heterocycles. The molecule has 7 heteroatoms. The predicted molar refractivity (Wildman–Crippen MR) is 137 cm³/mol. The minimum Gasteiger partial charge on any atom is -0.342 e. The molecular formula is C28H22ClN3O3. The van der Waals surface area contributed by atoms with Gasteiger partial charge in [-0.1, -0.05) is 67.1 Å². The molecule has 6 nitrogen and oxygen atoms in total. The van der Waals surface area contributed by atoms with Gasteiger partial charge in [0.05, 0.1) is 5.69 Å². The summed E-state index contributed by atoms with van der Waals surface area (Å²) < 4.78 is 2.03. The van der Waals surface area contributed by atoms with Crippen molar-refractivity contribution >= 4 is 52.1 Å². The highest BCUT2D eigenvalue weighted by molar-refractivity contribution is 6.39. The zero-order valence-electron chi connectivity index (χ0n) is 19.0. The fraction of sp³-hybridized carbons (Fsp3) is 0.107. The number of imide groups is 2. The van der Waals surface area contributed by atoms with Crippen molar-refractivity contribution in [3.63, 3.8) is 0 Å². The number of rotatable bonds is 5. The van der Waals surface area contributed by atoms with E-state index < -0.39 is 17.8 Å². The van der Waals surface area contributed by atoms with E-state index in [-0.39, 0.29) is 5.57 Å². The highest BCUT2D eigenvalue weighted by Crippen LogP contribution is 2.28. The van der Waals surface area contributed by atoms with Gasteiger partial charge in [-0.3, -0.25) is 14.9 Å². The van der Waals surface area contributed by atoms with Gasteiger partial charge in [0, 0.05) is 34.2 Å². The van der Waals surface area contributed by atoms with E-state index in [2.05, 4.69) is 5.32 Å². The fourth-order valence-electron chi connectivity index (χ4n) is 4.26. The molecule has 3 aromatic carbocycles. The Kier molecular flexibility index (Phi) is 5.97. The smallest absolute Gasteiger partial charge is 0.335 e. The summed E-state index contributed by atoms with van der Waals surface area (Å²) in [7, 11) is 0. The Morgan fingerprint density at radius 2 is 1.63 bits per heavy atom. The quantitative estimate of drug-likeness (QED) is 0.298. The van der Waals surface area contributed by atoms with Crippen molar-refractivity contribution in [2.24, 2.45) is 0 Å². The largest absolute Gasteiger partial charge is 0.342 e. The summed E-state index contributed by atoms with van der Waals surface area (Å²) in [6.07, 6.45) is 4.27. The van der Waals surface area contributed by atoms with Gasteiger partial charge >= 0.3 is 6.03 Å². The molecule has 1 aromatic heterocycles. The summed E-state index contributed by atoms with van der Waals surface area (Å²) >= 11 is 6.37. The van der Waals surface area contributed by atoms with Crippen molar-refractivity contribution in [2.75, 3.05) is 4.90 Å². The number of hydrogen-bond acceptors (Lipinski definition) is 3. The van der Waals surface area contributed by atoms with E-state index in [0.29, 0.717) is 22.8 Å². The van der Waals surface area contributed by atoms with Gasteiger partial charge in [-0.15, -0.1) is 0 Å². The summed E-state index contributed by atoms with van der Waals surface area (Å²) in [6, 6.07) is 21.7. The van der Waals surface area contributed by atoms with E-state index in [1.54, 1.807) is 18.2 Å². The van der Waals surface area contributed by atoms with Crippen LogP contribution in [-0.4, -0.2) is 22.4 Å². The number of nitrogens with zero attached hydrogens (tertiary/aromatic N) is 2. The van der Waals surface area contributed by atoms with Crippen LogP contribution in [0.5, 0.6) is 0 Å². The number of carbonyl (C=O) groups is 3. The highest BCUT2D eigenvalue weighted by atomic mass is 35.5. The molecule has 0 aliphatic carbocycles. The van der Waals surface area contributed by atoms with E-state index in [9.17, 15) is 14.4 Å². The molecule has 1 saturated heterocycles. The second-order valence-corrected chi connectivity index (χ2v) is 8.71. The Labute approximate surface area is 207 Å². The van der Waals surface area contributed by atoms with Crippen molar-refractivity contribution in [1.82, 2.24) is 9.88 Å². The fourth-order valence-corrected chi connectivity index (χ4v) is 4.45. The monoisotopic (exact) mass is 483 g/mol. The lowest BCUT2D eigenvalue weighted by molar-refractivity contribution is -0.122. The van der Waals surface area contributed by atoms with Crippen LogP contribution in [0.4, 0.5) is 10.5 Å². The molecule has 0 saturated carbocycles. The summed E-state index contributed by atoms with van der Waals surface area (Å²) in [5.41, 5.74) is 3.96. The number of anilines is 1. The molecule has 0 spiro atoms. The first-order valence-corrected chi connectivity index (χ1v) is 11.7. The normalized spacial score (nSPS) is 15.2. The van der Waals surface area contributed by atoms with Crippen molar-refractivity contribution in [1.29, 1.82) is 0 Å². The molecule has 174 valence electrons. The average Bonchev–Trinajstić information content (AvgIpc) is 3.20. The molecule has 35 heavy (non-hydrogen) atoms. The minimum absolute atomic E-state index is 0.107. The molecule has 4 amide bonds. The lowest BCUT2D eigenvalue weighted by Crippen LogP contribution is -2.54. The van der Waals surface area contributed by atoms with Crippen molar-refractivity contribution in [2.45, 2.75) is 19.9 Å². The SMILES string of the molecule is CCc1ccc(N2C(=O)NC(=O)/C(=C/c3cn(Cc4ccccc4Cl)c4ccccc34)C2=O)cc1. The van der Waals surface area contributed by atoms with Gasteiger partial charge in [0.1, 0.15) is 5.57 Å². The Morgan fingerprint density at radius 3 is 2.37 bits per heavy atom. The molecule has 0 radical (unpaired) electrons. The zero-order chi connectivity index (χ0) is 24.5. The van der Waals surface area contributed by atoms with Crippen LogP contribution in [0, 0.1) is 0 Å². The number of carbonyl (C=O) groups excluding carboxylic acids is 3. The summed E-state index contributed by atoms with van der Waals surface area (Å²) in [5, 5.41) is 3.83. The topological polar surface area (TPSA) is 71.4 Å². The van der Waals surface area contributed by atoms with Crippen LogP contribution in [0.1, 0.15) is 23.6 Å². The number of nitrogens with one attached hydrogen (secondary N) is 1. The molecule has 5 rings (SSSR count). The Hall–Kier alpha value is -4.16. The Bertz CT molecular complexity index is 1500. The molecule has 0 unspecified atom stereocenters. The maximum atomic E-state index is 13.3. The van der Waals surface area contributed by atoms with E-state index >= 15 is 0 Å². The van der Waals surface area contributed by atoms with Gasteiger partial charge in [0.25, 0.3) is 11.8 Å². The number of urea groups is 1. The van der Waals surface area contributed by atoms with Gasteiger partial charge in [0.2, 0.25) is 0 Å². The van der Waals surface area contributed by atoms with E-state index in [1.165, 1.54) is 0 Å². The molecule has 1 fully saturated rings. The number of amides is 4. The number of halogens is 1. The number of para-hydroxylation sites is 1. The number of barbiturate groups is 1. The van der Waals surface area contributed by atoms with Crippen molar-refractivity contribution in [3.05, 3.63) is 106 Å². The molecule has 0 atom stereocenters. The first-order chi connectivity index (χ1) is 17.0. The van der Waals surface area contributed by atoms with Crippen molar-refractivity contribution in [3.8, 4) is 0 Å². The molecular weight excluding hydrogens is 462 g/mol. The van der Waals surface area contributed by atoms with E-state index in [0.717, 1.165) is 33.4 Å². The first-order valence-electron chi connectivity index (χ1n) is 11.3.